The molecule has 0 spiro atoms. The Balaban J connectivity index is 0.928. The number of nitrogens with zero attached hydrogens (tertiary/aromatic N) is 4. The molecule has 14 nitrogen and oxygen atoms in total. The molecule has 8 rings (SSSR count). The van der Waals surface area contributed by atoms with E-state index in [0.717, 1.165) is 70.7 Å². The number of hydrogen-bond acceptors (Lipinski definition) is 8. The number of likely N-dealkylation sites (tertiary alicyclic amines) is 2. The van der Waals surface area contributed by atoms with Crippen LogP contribution in [0.5, 0.6) is 0 Å². The molecule has 4 atom stereocenters. The number of nitrogens with one attached hydrogen (secondary N) is 4. The van der Waals surface area contributed by atoms with Gasteiger partial charge in [0.25, 0.3) is 0 Å². The monoisotopic (exact) mass is 806 g/mol. The second kappa shape index (κ2) is 17.7. The smallest absolute Gasteiger partial charge is 0.407 e. The topological polar surface area (TPSA) is 175 Å². The van der Waals surface area contributed by atoms with Crippen LogP contribution in [0.4, 0.5) is 9.59 Å². The van der Waals surface area contributed by atoms with Crippen molar-refractivity contribution in [3.05, 3.63) is 144 Å². The van der Waals surface area contributed by atoms with Gasteiger partial charge in [-0.15, -0.1) is 0 Å². The van der Waals surface area contributed by atoms with E-state index in [1.807, 2.05) is 97.1 Å². The number of carbonyl (C=O) groups is 4. The van der Waals surface area contributed by atoms with Crippen molar-refractivity contribution in [2.45, 2.75) is 49.9 Å². The van der Waals surface area contributed by atoms with Crippen LogP contribution < -0.4 is 10.6 Å². The first kappa shape index (κ1) is 39.6. The molecule has 4 amide bonds. The van der Waals surface area contributed by atoms with Crippen LogP contribution >= 0.6 is 0 Å². The number of H-pyrrole nitrogens is 2. The molecule has 0 bridgehead atoms. The molecule has 4 N–H and O–H groups in total. The van der Waals surface area contributed by atoms with Gasteiger partial charge in [-0.3, -0.25) is 19.8 Å². The maximum Gasteiger partial charge on any atom is 0.407 e. The zero-order valence-corrected chi connectivity index (χ0v) is 33.3. The Kier molecular flexibility index (Phi) is 11.7. The van der Waals surface area contributed by atoms with E-state index in [0.29, 0.717) is 24.2 Å². The number of carbonyl (C=O) groups excluding carboxylic acids is 4. The quantitative estimate of drug-likeness (QED) is 0.103. The second-order valence-corrected chi connectivity index (χ2v) is 14.9. The Labute approximate surface area is 347 Å². The highest BCUT2D eigenvalue weighted by Gasteiger charge is 2.38. The highest BCUT2D eigenvalue weighted by atomic mass is 16.5. The maximum atomic E-state index is 13.9. The van der Waals surface area contributed by atoms with Gasteiger partial charge in [0.2, 0.25) is 11.8 Å². The Morgan fingerprint density at radius 3 is 1.30 bits per heavy atom. The predicted molar refractivity (Wildman–Crippen MR) is 224 cm³/mol. The van der Waals surface area contributed by atoms with Crippen molar-refractivity contribution in [1.82, 2.24) is 40.8 Å². The number of aromatic amines is 2. The Bertz CT molecular complexity index is 2260. The van der Waals surface area contributed by atoms with Gasteiger partial charge in [0.05, 0.1) is 49.1 Å². The van der Waals surface area contributed by atoms with Crippen LogP contribution in [-0.2, 0) is 19.1 Å². The average Bonchev–Trinajstić information content (AvgIpc) is 4.15. The number of ether oxygens (including phenoxy) is 2. The molecular formula is C46H46N8O6. The molecule has 4 aromatic carbocycles. The largest absolute Gasteiger partial charge is 0.453 e. The van der Waals surface area contributed by atoms with E-state index < -0.39 is 24.3 Å². The van der Waals surface area contributed by atoms with Crippen LogP contribution in [0, 0.1) is 0 Å². The third-order valence-electron chi connectivity index (χ3n) is 11.3. The first-order valence-electron chi connectivity index (χ1n) is 20.0. The lowest BCUT2D eigenvalue weighted by Gasteiger charge is -2.28. The van der Waals surface area contributed by atoms with Gasteiger partial charge in [-0.2, -0.15) is 10.2 Å². The van der Waals surface area contributed by atoms with Crippen LogP contribution in [0.3, 0.4) is 0 Å². The molecule has 2 unspecified atom stereocenters. The summed E-state index contributed by atoms with van der Waals surface area (Å²) in [6.45, 7) is 1.12. The standard InChI is InChI=1S/C46H46N8O6/c1-59-45(57)47-41(33-11-5-3-6-12-33)43(55)53-25-9-15-39(53)37-27-35(49-51-37)31-21-17-29(18-22-31)30-19-23-32(24-20-30)36-28-38(52-50-36)40-16-10-26-54(40)44(56)42(48-46(58)60-2)34-13-7-4-8-14-34/h3-8,11-14,17-24,27-28,39-42H,9-10,15-16,25-26H2,1-2H3,(H,47,57)(H,48,58)(H,49,51)(H,50,52)/t39?,40?,41-,42-/m1/s1. The molecule has 2 aliphatic rings. The summed E-state index contributed by atoms with van der Waals surface area (Å²) < 4.78 is 9.66. The first-order valence-corrected chi connectivity index (χ1v) is 20.0. The lowest BCUT2D eigenvalue weighted by molar-refractivity contribution is -0.135. The highest BCUT2D eigenvalue weighted by Crippen LogP contribution is 2.37. The molecule has 0 radical (unpaired) electrons. The zero-order chi connectivity index (χ0) is 41.6. The fourth-order valence-corrected chi connectivity index (χ4v) is 8.24. The van der Waals surface area contributed by atoms with Gasteiger partial charge >= 0.3 is 12.2 Å². The van der Waals surface area contributed by atoms with Gasteiger partial charge in [0, 0.05) is 24.2 Å². The molecule has 2 aliphatic heterocycles. The second-order valence-electron chi connectivity index (χ2n) is 14.9. The highest BCUT2D eigenvalue weighted by molar-refractivity contribution is 5.88. The van der Waals surface area contributed by atoms with Gasteiger partial charge in [-0.1, -0.05) is 109 Å². The minimum Gasteiger partial charge on any atom is -0.453 e. The van der Waals surface area contributed by atoms with Gasteiger partial charge < -0.3 is 29.9 Å². The fraction of sp³-hybridized carbons (Fsp3) is 0.261. The lowest BCUT2D eigenvalue weighted by atomic mass is 10.00. The van der Waals surface area contributed by atoms with Crippen molar-refractivity contribution >= 4 is 24.0 Å². The SMILES string of the molecule is COC(=O)N[C@@H](C(=O)N1CCCC1c1cc(-c2ccc(-c3ccc(-c4cc(C5CCCN5C(=O)[C@H](NC(=O)OC)c5ccccc5)[nH]n4)cc3)cc2)n[nH]1)c1ccccc1. The molecular weight excluding hydrogens is 761 g/mol. The molecule has 2 saturated heterocycles. The number of alkyl carbamates (subject to hydrolysis) is 2. The van der Waals surface area contributed by atoms with Gasteiger partial charge in [-0.05, 0) is 60.1 Å². The summed E-state index contributed by atoms with van der Waals surface area (Å²) >= 11 is 0. The van der Waals surface area contributed by atoms with Crippen LogP contribution in [0.25, 0.3) is 33.6 Å². The molecule has 6 aromatic rings. The number of benzene rings is 4. The minimum absolute atomic E-state index is 0.204. The summed E-state index contributed by atoms with van der Waals surface area (Å²) in [7, 11) is 2.56. The van der Waals surface area contributed by atoms with Crippen LogP contribution in [0.1, 0.15) is 72.4 Å². The fourth-order valence-electron chi connectivity index (χ4n) is 8.24. The van der Waals surface area contributed by atoms with Crippen molar-refractivity contribution in [3.63, 3.8) is 0 Å². The van der Waals surface area contributed by atoms with Crippen molar-refractivity contribution in [1.29, 1.82) is 0 Å². The Morgan fingerprint density at radius 2 is 0.933 bits per heavy atom. The van der Waals surface area contributed by atoms with E-state index in [1.54, 1.807) is 9.80 Å². The minimum atomic E-state index is -0.877. The Hall–Kier alpha value is -7.22. The van der Waals surface area contributed by atoms with E-state index in [1.165, 1.54) is 14.2 Å². The predicted octanol–water partition coefficient (Wildman–Crippen LogP) is 7.66. The summed E-state index contributed by atoms with van der Waals surface area (Å²) in [6, 6.07) is 36.5. The average molecular weight is 807 g/mol. The molecule has 2 aromatic heterocycles. The molecule has 0 aliphatic carbocycles. The summed E-state index contributed by atoms with van der Waals surface area (Å²) in [5.74, 6) is -0.409. The van der Waals surface area contributed by atoms with Crippen molar-refractivity contribution < 1.29 is 28.7 Å². The summed E-state index contributed by atoms with van der Waals surface area (Å²) in [5.41, 5.74) is 8.51. The number of hydrogen-bond donors (Lipinski definition) is 4. The third-order valence-corrected chi connectivity index (χ3v) is 11.3. The van der Waals surface area contributed by atoms with Gasteiger partial charge in [0.15, 0.2) is 0 Å². The molecule has 4 heterocycles. The van der Waals surface area contributed by atoms with E-state index in [9.17, 15) is 19.2 Å². The normalized spacial score (nSPS) is 17.2. The number of methoxy groups -OCH3 is 2. The molecule has 14 heteroatoms. The number of amides is 4. The van der Waals surface area contributed by atoms with Gasteiger partial charge in [0.1, 0.15) is 12.1 Å². The molecule has 60 heavy (non-hydrogen) atoms. The van der Waals surface area contributed by atoms with Crippen LogP contribution in [-0.4, -0.2) is 81.5 Å². The summed E-state index contributed by atoms with van der Waals surface area (Å²) in [5, 5.41) is 21.0. The lowest BCUT2D eigenvalue weighted by Crippen LogP contribution is -2.42. The molecule has 0 saturated carbocycles. The number of aromatic nitrogens is 4. The zero-order valence-electron chi connectivity index (χ0n) is 33.3. The summed E-state index contributed by atoms with van der Waals surface area (Å²) in [6.07, 6.45) is 1.85. The van der Waals surface area contributed by atoms with E-state index in [-0.39, 0.29) is 23.9 Å². The van der Waals surface area contributed by atoms with Gasteiger partial charge in [-0.25, -0.2) is 9.59 Å². The summed E-state index contributed by atoms with van der Waals surface area (Å²) in [4.78, 5) is 55.9. The molecule has 2 fully saturated rings. The van der Waals surface area contributed by atoms with Crippen molar-refractivity contribution in [2.24, 2.45) is 0 Å². The maximum absolute atomic E-state index is 13.9. The van der Waals surface area contributed by atoms with E-state index in [2.05, 4.69) is 55.3 Å². The third kappa shape index (κ3) is 8.35. The van der Waals surface area contributed by atoms with Crippen molar-refractivity contribution in [3.8, 4) is 33.6 Å². The molecule has 306 valence electrons. The van der Waals surface area contributed by atoms with Crippen LogP contribution in [0.15, 0.2) is 121 Å². The number of rotatable bonds is 11. The van der Waals surface area contributed by atoms with E-state index in [4.69, 9.17) is 9.47 Å². The Morgan fingerprint density at radius 1 is 0.567 bits per heavy atom. The first-order chi connectivity index (χ1) is 29.3. The van der Waals surface area contributed by atoms with E-state index >= 15 is 0 Å². The van der Waals surface area contributed by atoms with Crippen molar-refractivity contribution in [2.75, 3.05) is 27.3 Å². The van der Waals surface area contributed by atoms with Crippen LogP contribution in [0.2, 0.25) is 0 Å².